The van der Waals surface area contributed by atoms with Gasteiger partial charge >= 0.3 is 5.97 Å². The number of hydrogen-bond acceptors (Lipinski definition) is 7. The van der Waals surface area contributed by atoms with Gasteiger partial charge in [0.15, 0.2) is 6.10 Å². The van der Waals surface area contributed by atoms with Crippen LogP contribution in [0.25, 0.3) is 0 Å². The Morgan fingerprint density at radius 2 is 1.51 bits per heavy atom. The van der Waals surface area contributed by atoms with Crippen LogP contribution in [0, 0.1) is 17.8 Å². The molecule has 2 fully saturated rings. The van der Waals surface area contributed by atoms with Crippen molar-refractivity contribution in [2.75, 3.05) is 27.2 Å². The molecule has 0 saturated carbocycles. The molecule has 0 radical (unpaired) electrons. The quantitative estimate of drug-likeness (QED) is 0.471. The van der Waals surface area contributed by atoms with Crippen LogP contribution >= 0.6 is 0 Å². The van der Waals surface area contributed by atoms with Crippen LogP contribution in [-0.2, 0) is 33.5 Å². The second-order valence-corrected chi connectivity index (χ2v) is 12.0. The lowest BCUT2D eigenvalue weighted by Crippen LogP contribution is -2.61. The third-order valence-electron chi connectivity index (χ3n) is 8.31. The van der Waals surface area contributed by atoms with Crippen molar-refractivity contribution in [3.05, 3.63) is 0 Å². The van der Waals surface area contributed by atoms with E-state index in [1.54, 1.807) is 20.8 Å². The molecule has 0 bridgehead atoms. The average Bonchev–Trinajstić information content (AvgIpc) is 3.41. The standard InChI is InChI=1S/C29H49N5O7/c1-10-18(6)22-27(38)33(9)23(16(2)3)28(39)32(8)19(7)25(36)30-14-13-21(35)41-24(17(4)5)29(40)34-15-11-12-20(34)26(37)31-22/h16-20,22-24H,10-15H2,1-9H3,(H,30,36)(H,31,37)/t18-,19-,20-,22-,23-,24?/m0/s1. The predicted octanol–water partition coefficient (Wildman–Crippen LogP) is 0.926. The maximum Gasteiger partial charge on any atom is 0.308 e. The number of amides is 5. The fourth-order valence-corrected chi connectivity index (χ4v) is 5.34. The Hall–Kier alpha value is -3.18. The zero-order chi connectivity index (χ0) is 31.2. The number of nitrogens with one attached hydrogen (secondary N) is 2. The first-order chi connectivity index (χ1) is 19.1. The zero-order valence-electron chi connectivity index (χ0n) is 26.1. The SMILES string of the molecule is CC[C@H](C)[C@@H]1NC(=O)[C@@H]2CCCN2C(=O)C(C(C)C)OC(=O)CCNC(=O)[C@H](C)N(C)C(=O)[C@H](C(C)C)N(C)C1=O. The van der Waals surface area contributed by atoms with Gasteiger partial charge in [0.05, 0.1) is 6.42 Å². The Bertz CT molecular complexity index is 1000. The Balaban J connectivity index is 2.54. The summed E-state index contributed by atoms with van der Waals surface area (Å²) in [5, 5.41) is 5.54. The number of rotatable bonds is 4. The van der Waals surface area contributed by atoms with E-state index in [9.17, 15) is 28.8 Å². The largest absolute Gasteiger partial charge is 0.452 e. The van der Waals surface area contributed by atoms with Crippen LogP contribution < -0.4 is 10.6 Å². The van der Waals surface area contributed by atoms with Crippen LogP contribution in [0.3, 0.4) is 0 Å². The molecule has 2 aliphatic rings. The molecular weight excluding hydrogens is 530 g/mol. The Morgan fingerprint density at radius 3 is 2.07 bits per heavy atom. The molecule has 0 aliphatic carbocycles. The van der Waals surface area contributed by atoms with E-state index in [2.05, 4.69) is 10.6 Å². The molecule has 2 rings (SSSR count). The van der Waals surface area contributed by atoms with E-state index in [0.29, 0.717) is 25.8 Å². The summed E-state index contributed by atoms with van der Waals surface area (Å²) in [6, 6.07) is -3.52. The lowest BCUT2D eigenvalue weighted by atomic mass is 9.94. The number of carbonyl (C=O) groups excluding carboxylic acids is 6. The number of likely N-dealkylation sites (N-methyl/N-ethyl adjacent to an activating group) is 2. The first-order valence-corrected chi connectivity index (χ1v) is 14.7. The van der Waals surface area contributed by atoms with Crippen molar-refractivity contribution in [2.45, 2.75) is 104 Å². The molecule has 12 nitrogen and oxygen atoms in total. The zero-order valence-corrected chi connectivity index (χ0v) is 26.1. The third kappa shape index (κ3) is 7.97. The summed E-state index contributed by atoms with van der Waals surface area (Å²) >= 11 is 0. The minimum Gasteiger partial charge on any atom is -0.452 e. The summed E-state index contributed by atoms with van der Waals surface area (Å²) in [6.45, 7) is 12.7. The number of cyclic esters (lactones) is 1. The fraction of sp³-hybridized carbons (Fsp3) is 0.793. The van der Waals surface area contributed by atoms with Gasteiger partial charge in [-0.3, -0.25) is 28.8 Å². The molecule has 2 heterocycles. The second-order valence-electron chi connectivity index (χ2n) is 12.0. The monoisotopic (exact) mass is 579 g/mol. The fourth-order valence-electron chi connectivity index (χ4n) is 5.34. The van der Waals surface area contributed by atoms with E-state index in [1.165, 1.54) is 28.8 Å². The number of esters is 1. The normalized spacial score (nSPS) is 29.0. The average molecular weight is 580 g/mol. The predicted molar refractivity (Wildman–Crippen MR) is 152 cm³/mol. The van der Waals surface area contributed by atoms with Gasteiger partial charge in [0, 0.05) is 27.2 Å². The first-order valence-electron chi connectivity index (χ1n) is 14.7. The molecule has 2 aliphatic heterocycles. The van der Waals surface area contributed by atoms with Crippen LogP contribution in [0.5, 0.6) is 0 Å². The molecular formula is C29H49N5O7. The van der Waals surface area contributed by atoms with Crippen molar-refractivity contribution in [3.8, 4) is 0 Å². The highest BCUT2D eigenvalue weighted by Gasteiger charge is 2.43. The van der Waals surface area contributed by atoms with Crippen molar-refractivity contribution in [3.63, 3.8) is 0 Å². The summed E-state index contributed by atoms with van der Waals surface area (Å²) in [6.07, 6.45) is 0.321. The molecule has 232 valence electrons. The lowest BCUT2D eigenvalue weighted by molar-refractivity contribution is -0.164. The molecule has 1 unspecified atom stereocenters. The molecule has 0 aromatic rings. The molecule has 0 aromatic carbocycles. The van der Waals surface area contributed by atoms with Crippen LogP contribution in [0.15, 0.2) is 0 Å². The minimum absolute atomic E-state index is 0.0413. The highest BCUT2D eigenvalue weighted by molar-refractivity contribution is 5.96. The topological polar surface area (TPSA) is 145 Å². The van der Waals surface area contributed by atoms with Gasteiger partial charge in [-0.05, 0) is 37.5 Å². The molecule has 2 N–H and O–H groups in total. The van der Waals surface area contributed by atoms with E-state index < -0.39 is 65.8 Å². The van der Waals surface area contributed by atoms with Crippen LogP contribution in [0.1, 0.15) is 74.1 Å². The van der Waals surface area contributed by atoms with E-state index in [0.717, 1.165) is 0 Å². The smallest absolute Gasteiger partial charge is 0.308 e. The second kappa shape index (κ2) is 14.6. The molecule has 2 saturated heterocycles. The number of carbonyl (C=O) groups is 6. The molecule has 6 atom stereocenters. The molecule has 0 spiro atoms. The lowest BCUT2D eigenvalue weighted by Gasteiger charge is -2.38. The number of hydrogen-bond donors (Lipinski definition) is 2. The van der Waals surface area contributed by atoms with Crippen LogP contribution in [0.4, 0.5) is 0 Å². The minimum atomic E-state index is -1.10. The van der Waals surface area contributed by atoms with Crippen molar-refractivity contribution in [2.24, 2.45) is 17.8 Å². The van der Waals surface area contributed by atoms with Crippen molar-refractivity contribution >= 4 is 35.5 Å². The van der Waals surface area contributed by atoms with Crippen molar-refractivity contribution < 1.29 is 33.5 Å². The van der Waals surface area contributed by atoms with E-state index in [4.69, 9.17) is 4.74 Å². The van der Waals surface area contributed by atoms with E-state index in [-0.39, 0.29) is 30.7 Å². The van der Waals surface area contributed by atoms with E-state index in [1.807, 2.05) is 27.7 Å². The van der Waals surface area contributed by atoms with Gasteiger partial charge < -0.3 is 30.1 Å². The number of ether oxygens (including phenoxy) is 1. The maximum absolute atomic E-state index is 13.9. The van der Waals surface area contributed by atoms with Gasteiger partial charge in [0.1, 0.15) is 24.2 Å². The number of nitrogens with zero attached hydrogens (tertiary/aromatic N) is 3. The van der Waals surface area contributed by atoms with Gasteiger partial charge in [-0.2, -0.15) is 0 Å². The van der Waals surface area contributed by atoms with Crippen LogP contribution in [-0.4, -0.2) is 108 Å². The molecule has 41 heavy (non-hydrogen) atoms. The molecule has 5 amide bonds. The van der Waals surface area contributed by atoms with Crippen molar-refractivity contribution in [1.29, 1.82) is 0 Å². The Morgan fingerprint density at radius 1 is 0.878 bits per heavy atom. The molecule has 12 heteroatoms. The summed E-state index contributed by atoms with van der Waals surface area (Å²) in [5.74, 6) is -3.79. The van der Waals surface area contributed by atoms with Gasteiger partial charge in [0.25, 0.3) is 5.91 Å². The Labute approximate surface area is 243 Å². The highest BCUT2D eigenvalue weighted by atomic mass is 16.5. The number of fused-ring (bicyclic) bond motifs is 1. The maximum atomic E-state index is 13.9. The van der Waals surface area contributed by atoms with Gasteiger partial charge in [-0.15, -0.1) is 0 Å². The van der Waals surface area contributed by atoms with Gasteiger partial charge in [-0.25, -0.2) is 0 Å². The van der Waals surface area contributed by atoms with Crippen molar-refractivity contribution in [1.82, 2.24) is 25.3 Å². The summed E-state index contributed by atoms with van der Waals surface area (Å²) in [7, 11) is 3.04. The van der Waals surface area contributed by atoms with E-state index >= 15 is 0 Å². The van der Waals surface area contributed by atoms with Crippen LogP contribution in [0.2, 0.25) is 0 Å². The van der Waals surface area contributed by atoms with Gasteiger partial charge in [0.2, 0.25) is 23.6 Å². The summed E-state index contributed by atoms with van der Waals surface area (Å²) in [5.41, 5.74) is 0. The third-order valence-corrected chi connectivity index (χ3v) is 8.31. The van der Waals surface area contributed by atoms with Gasteiger partial charge in [-0.1, -0.05) is 48.0 Å². The first kappa shape index (κ1) is 34.0. The molecule has 0 aromatic heterocycles. The summed E-state index contributed by atoms with van der Waals surface area (Å²) < 4.78 is 5.54. The Kier molecular flexibility index (Phi) is 12.1. The summed E-state index contributed by atoms with van der Waals surface area (Å²) in [4.78, 5) is 84.3. The highest BCUT2D eigenvalue weighted by Crippen LogP contribution is 2.24.